The highest BCUT2D eigenvalue weighted by Gasteiger charge is 2.10. The summed E-state index contributed by atoms with van der Waals surface area (Å²) >= 11 is 3.60. The van der Waals surface area contributed by atoms with E-state index < -0.39 is 0 Å². The van der Waals surface area contributed by atoms with Gasteiger partial charge in [-0.05, 0) is 31.0 Å². The summed E-state index contributed by atoms with van der Waals surface area (Å²) in [5.74, 6) is 0. The van der Waals surface area contributed by atoms with Crippen LogP contribution in [0.25, 0.3) is 0 Å². The summed E-state index contributed by atoms with van der Waals surface area (Å²) in [5.41, 5.74) is 3.64. The van der Waals surface area contributed by atoms with E-state index in [2.05, 4.69) is 64.5 Å². The molecule has 3 nitrogen and oxygen atoms in total. The Kier molecular flexibility index (Phi) is 4.77. The molecule has 1 aromatic heterocycles. The normalized spacial score (nSPS) is 12.6. The SMILES string of the molecule is CCc1cc(CN[C@H](C)c2ccccc2Br)n(C)n1. The molecule has 0 fully saturated rings. The van der Waals surface area contributed by atoms with E-state index in [1.165, 1.54) is 11.3 Å². The monoisotopic (exact) mass is 321 g/mol. The molecule has 0 unspecified atom stereocenters. The number of aryl methyl sites for hydroxylation is 2. The van der Waals surface area contributed by atoms with E-state index >= 15 is 0 Å². The second-order valence-electron chi connectivity index (χ2n) is 4.73. The lowest BCUT2D eigenvalue weighted by atomic mass is 10.1. The van der Waals surface area contributed by atoms with E-state index in [4.69, 9.17) is 0 Å². The maximum Gasteiger partial charge on any atom is 0.0625 e. The zero-order valence-electron chi connectivity index (χ0n) is 11.7. The van der Waals surface area contributed by atoms with Crippen molar-refractivity contribution in [2.45, 2.75) is 32.9 Å². The summed E-state index contributed by atoms with van der Waals surface area (Å²) in [6, 6.07) is 10.8. The number of aromatic nitrogens is 2. The highest BCUT2D eigenvalue weighted by atomic mass is 79.9. The van der Waals surface area contributed by atoms with Crippen molar-refractivity contribution in [2.75, 3.05) is 0 Å². The number of rotatable bonds is 5. The Balaban J connectivity index is 2.02. The van der Waals surface area contributed by atoms with E-state index in [9.17, 15) is 0 Å². The smallest absolute Gasteiger partial charge is 0.0625 e. The summed E-state index contributed by atoms with van der Waals surface area (Å²) in [6.45, 7) is 5.13. The van der Waals surface area contributed by atoms with Crippen molar-refractivity contribution in [3.05, 3.63) is 51.8 Å². The Morgan fingerprint density at radius 1 is 1.37 bits per heavy atom. The van der Waals surface area contributed by atoms with Gasteiger partial charge in [-0.1, -0.05) is 41.1 Å². The average Bonchev–Trinajstić information content (AvgIpc) is 2.77. The van der Waals surface area contributed by atoms with Crippen LogP contribution in [0, 0.1) is 0 Å². The number of hydrogen-bond acceptors (Lipinski definition) is 2. The van der Waals surface area contributed by atoms with E-state index in [0.717, 1.165) is 23.1 Å². The molecule has 0 saturated carbocycles. The van der Waals surface area contributed by atoms with Crippen LogP contribution in [-0.4, -0.2) is 9.78 Å². The van der Waals surface area contributed by atoms with Crippen molar-refractivity contribution in [1.82, 2.24) is 15.1 Å². The summed E-state index contributed by atoms with van der Waals surface area (Å²) in [5, 5.41) is 8.01. The Morgan fingerprint density at radius 3 is 2.74 bits per heavy atom. The molecule has 102 valence electrons. The van der Waals surface area contributed by atoms with E-state index in [0.29, 0.717) is 6.04 Å². The van der Waals surface area contributed by atoms with Crippen LogP contribution in [0.3, 0.4) is 0 Å². The van der Waals surface area contributed by atoms with Gasteiger partial charge in [-0.15, -0.1) is 0 Å². The van der Waals surface area contributed by atoms with Crippen LogP contribution in [-0.2, 0) is 20.0 Å². The van der Waals surface area contributed by atoms with Crippen LogP contribution >= 0.6 is 15.9 Å². The number of hydrogen-bond donors (Lipinski definition) is 1. The van der Waals surface area contributed by atoms with Crippen LogP contribution in [0.15, 0.2) is 34.8 Å². The van der Waals surface area contributed by atoms with E-state index in [-0.39, 0.29) is 0 Å². The van der Waals surface area contributed by atoms with Crippen LogP contribution in [0.5, 0.6) is 0 Å². The van der Waals surface area contributed by atoms with Crippen LogP contribution in [0.2, 0.25) is 0 Å². The summed E-state index contributed by atoms with van der Waals surface area (Å²) in [6.07, 6.45) is 0.980. The lowest BCUT2D eigenvalue weighted by Crippen LogP contribution is -2.20. The van der Waals surface area contributed by atoms with Gasteiger partial charge in [0, 0.05) is 24.1 Å². The molecular formula is C15H20BrN3. The summed E-state index contributed by atoms with van der Waals surface area (Å²) in [7, 11) is 2.00. The van der Waals surface area contributed by atoms with Gasteiger partial charge in [0.05, 0.1) is 11.4 Å². The molecule has 0 aliphatic rings. The maximum atomic E-state index is 4.46. The molecule has 1 aromatic carbocycles. The Bertz CT molecular complexity index is 548. The predicted octanol–water partition coefficient (Wildman–Crippen LogP) is 3.60. The molecule has 19 heavy (non-hydrogen) atoms. The molecule has 0 bridgehead atoms. The first-order chi connectivity index (χ1) is 9.11. The van der Waals surface area contributed by atoms with Crippen molar-refractivity contribution < 1.29 is 0 Å². The number of benzene rings is 1. The van der Waals surface area contributed by atoms with Gasteiger partial charge in [0.25, 0.3) is 0 Å². The minimum Gasteiger partial charge on any atom is -0.305 e. The lowest BCUT2D eigenvalue weighted by molar-refractivity contribution is 0.546. The Morgan fingerprint density at radius 2 is 2.11 bits per heavy atom. The quantitative estimate of drug-likeness (QED) is 0.911. The zero-order valence-corrected chi connectivity index (χ0v) is 13.2. The molecule has 1 heterocycles. The number of nitrogens with zero attached hydrogens (tertiary/aromatic N) is 2. The van der Waals surface area contributed by atoms with Crippen molar-refractivity contribution in [2.24, 2.45) is 7.05 Å². The molecular weight excluding hydrogens is 302 g/mol. The van der Waals surface area contributed by atoms with Gasteiger partial charge in [0.1, 0.15) is 0 Å². The van der Waals surface area contributed by atoms with Gasteiger partial charge in [-0.25, -0.2) is 0 Å². The van der Waals surface area contributed by atoms with E-state index in [1.54, 1.807) is 0 Å². The third-order valence-corrected chi connectivity index (χ3v) is 4.07. The first-order valence-electron chi connectivity index (χ1n) is 6.61. The van der Waals surface area contributed by atoms with Crippen molar-refractivity contribution in [3.8, 4) is 0 Å². The fourth-order valence-corrected chi connectivity index (χ4v) is 2.73. The first kappa shape index (κ1) is 14.3. The minimum absolute atomic E-state index is 0.301. The maximum absolute atomic E-state index is 4.46. The second kappa shape index (κ2) is 6.35. The second-order valence-corrected chi connectivity index (χ2v) is 5.58. The van der Waals surface area contributed by atoms with Gasteiger partial charge in [-0.2, -0.15) is 5.10 Å². The molecule has 0 amide bonds. The molecule has 0 radical (unpaired) electrons. The van der Waals surface area contributed by atoms with Crippen molar-refractivity contribution >= 4 is 15.9 Å². The van der Waals surface area contributed by atoms with Crippen molar-refractivity contribution in [1.29, 1.82) is 0 Å². The van der Waals surface area contributed by atoms with Crippen LogP contribution in [0.4, 0.5) is 0 Å². The molecule has 1 N–H and O–H groups in total. The third-order valence-electron chi connectivity index (χ3n) is 3.35. The van der Waals surface area contributed by atoms with Crippen LogP contribution in [0.1, 0.15) is 36.8 Å². The molecule has 0 saturated heterocycles. The fraction of sp³-hybridized carbons (Fsp3) is 0.400. The zero-order chi connectivity index (χ0) is 13.8. The summed E-state index contributed by atoms with van der Waals surface area (Å²) in [4.78, 5) is 0. The summed E-state index contributed by atoms with van der Waals surface area (Å²) < 4.78 is 3.10. The minimum atomic E-state index is 0.301. The standard InChI is InChI=1S/C15H20BrN3/c1-4-12-9-13(19(3)18-12)10-17-11(2)14-7-5-6-8-15(14)16/h5-9,11,17H,4,10H2,1-3H3/t11-/m1/s1. The number of nitrogens with one attached hydrogen (secondary N) is 1. The van der Waals surface area contributed by atoms with Crippen molar-refractivity contribution in [3.63, 3.8) is 0 Å². The van der Waals surface area contributed by atoms with Crippen LogP contribution < -0.4 is 5.32 Å². The third kappa shape index (κ3) is 3.45. The fourth-order valence-electron chi connectivity index (χ4n) is 2.10. The molecule has 1 atom stereocenters. The highest BCUT2D eigenvalue weighted by Crippen LogP contribution is 2.22. The van der Waals surface area contributed by atoms with Gasteiger partial charge in [0.2, 0.25) is 0 Å². The molecule has 2 aromatic rings. The lowest BCUT2D eigenvalue weighted by Gasteiger charge is -2.15. The first-order valence-corrected chi connectivity index (χ1v) is 7.40. The van der Waals surface area contributed by atoms with Gasteiger partial charge < -0.3 is 5.32 Å². The Hall–Kier alpha value is -1.13. The average molecular weight is 322 g/mol. The highest BCUT2D eigenvalue weighted by molar-refractivity contribution is 9.10. The van der Waals surface area contributed by atoms with E-state index in [1.807, 2.05) is 17.8 Å². The van der Waals surface area contributed by atoms with Gasteiger partial charge in [0.15, 0.2) is 0 Å². The molecule has 4 heteroatoms. The van der Waals surface area contributed by atoms with Gasteiger partial charge >= 0.3 is 0 Å². The topological polar surface area (TPSA) is 29.9 Å². The Labute approximate surface area is 123 Å². The molecule has 0 aliphatic carbocycles. The molecule has 0 aliphatic heterocycles. The molecule has 0 spiro atoms. The van der Waals surface area contributed by atoms with Gasteiger partial charge in [-0.3, -0.25) is 4.68 Å². The largest absolute Gasteiger partial charge is 0.305 e. The predicted molar refractivity (Wildman–Crippen MR) is 82.0 cm³/mol. The molecule has 2 rings (SSSR count). The number of halogens is 1.